The molecule has 0 radical (unpaired) electrons. The van der Waals surface area contributed by atoms with Crippen LogP contribution in [0.1, 0.15) is 52.7 Å². The second-order valence-corrected chi connectivity index (χ2v) is 13.2. The van der Waals surface area contributed by atoms with E-state index in [0.29, 0.717) is 67.1 Å². The number of nitrogens with two attached hydrogens (primary N) is 1. The number of sulfonamides is 1. The molecule has 0 aliphatic carbocycles. The predicted octanol–water partition coefficient (Wildman–Crippen LogP) is 3.70. The number of carbonyl (C=O) groups excluding carboxylic acids is 2. The first-order chi connectivity index (χ1) is 20.9. The second-order valence-electron chi connectivity index (χ2n) is 10.9. The van der Waals surface area contributed by atoms with Gasteiger partial charge >= 0.3 is 6.09 Å². The maximum absolute atomic E-state index is 13.9. The maximum Gasteiger partial charge on any atom is 0.407 e. The topological polar surface area (TPSA) is 175 Å². The van der Waals surface area contributed by atoms with Crippen molar-refractivity contribution in [1.29, 1.82) is 5.41 Å². The van der Waals surface area contributed by atoms with Crippen molar-refractivity contribution >= 4 is 45.0 Å². The summed E-state index contributed by atoms with van der Waals surface area (Å²) in [6.07, 6.45) is 9.60. The minimum Gasteiger partial charge on any atom is -0.453 e. The summed E-state index contributed by atoms with van der Waals surface area (Å²) < 4.78 is 30.2. The third kappa shape index (κ3) is 7.76. The van der Waals surface area contributed by atoms with Crippen LogP contribution in [0.3, 0.4) is 0 Å². The van der Waals surface area contributed by atoms with Crippen LogP contribution in [0.5, 0.6) is 0 Å². The molecule has 2 saturated heterocycles. The zero-order chi connectivity index (χ0) is 32.0. The van der Waals surface area contributed by atoms with Crippen molar-refractivity contribution in [2.45, 2.75) is 25.3 Å². The Morgan fingerprint density at radius 1 is 1.23 bits per heavy atom. The van der Waals surface area contributed by atoms with E-state index < -0.39 is 22.2 Å². The third-order valence-electron chi connectivity index (χ3n) is 8.10. The van der Waals surface area contributed by atoms with E-state index in [9.17, 15) is 18.0 Å². The molecule has 1 unspecified atom stereocenters. The van der Waals surface area contributed by atoms with Crippen molar-refractivity contribution in [1.82, 2.24) is 24.5 Å². The molecule has 44 heavy (non-hydrogen) atoms. The van der Waals surface area contributed by atoms with Crippen molar-refractivity contribution in [3.63, 3.8) is 0 Å². The number of carbonyl (C=O) groups is 2. The number of nitrogen functional groups attached to an aromatic ring is 1. The Morgan fingerprint density at radius 3 is 2.48 bits per heavy atom. The molecule has 0 bridgehead atoms. The lowest BCUT2D eigenvalue weighted by atomic mass is 9.83. The molecule has 12 nitrogen and oxygen atoms in total. The van der Waals surface area contributed by atoms with E-state index in [-0.39, 0.29) is 35.3 Å². The van der Waals surface area contributed by atoms with E-state index in [2.05, 4.69) is 26.6 Å². The SMILES string of the molecule is C=C/C=C(\C=C/CNC(=O)OC)c1[nH]c(C2C[C@H](C3CCN(S(C)(=O)=O)CC3)CN2C(=O)c2ccc(C(=N)N)cc2)nc1Cl. The number of likely N-dealkylation sites (tertiary alicyclic amines) is 1. The van der Waals surface area contributed by atoms with Crippen LogP contribution in [0.4, 0.5) is 4.79 Å². The summed E-state index contributed by atoms with van der Waals surface area (Å²) in [6, 6.07) is 6.21. The van der Waals surface area contributed by atoms with Gasteiger partial charge in [-0.1, -0.05) is 54.6 Å². The summed E-state index contributed by atoms with van der Waals surface area (Å²) >= 11 is 6.64. The fraction of sp³-hybridized carbons (Fsp3) is 0.400. The van der Waals surface area contributed by atoms with Crippen LogP contribution in [0, 0.1) is 17.2 Å². The summed E-state index contributed by atoms with van der Waals surface area (Å²) in [7, 11) is -1.97. The number of ether oxygens (including phenoxy) is 1. The molecular formula is C30H38ClN7O5S. The number of benzene rings is 1. The molecule has 2 fully saturated rings. The van der Waals surface area contributed by atoms with Gasteiger partial charge in [0, 0.05) is 42.9 Å². The Bertz CT molecular complexity index is 1560. The Kier molecular flexibility index (Phi) is 10.7. The number of nitrogens with zero attached hydrogens (tertiary/aromatic N) is 3. The Labute approximate surface area is 262 Å². The highest BCUT2D eigenvalue weighted by molar-refractivity contribution is 7.88. The number of methoxy groups -OCH3 is 1. The number of nitrogens with one attached hydrogen (secondary N) is 3. The van der Waals surface area contributed by atoms with Gasteiger partial charge in [0.15, 0.2) is 5.15 Å². The smallest absolute Gasteiger partial charge is 0.407 e. The number of halogens is 1. The van der Waals surface area contributed by atoms with Gasteiger partial charge in [-0.2, -0.15) is 0 Å². The van der Waals surface area contributed by atoms with Gasteiger partial charge in [0.2, 0.25) is 10.0 Å². The lowest BCUT2D eigenvalue weighted by Crippen LogP contribution is -2.40. The molecule has 14 heteroatoms. The number of alkyl carbamates (subject to hydrolysis) is 1. The Morgan fingerprint density at radius 2 is 1.89 bits per heavy atom. The zero-order valence-electron chi connectivity index (χ0n) is 24.8. The zero-order valence-corrected chi connectivity index (χ0v) is 26.3. The minimum absolute atomic E-state index is 0.0835. The fourth-order valence-electron chi connectivity index (χ4n) is 5.80. The molecule has 0 saturated carbocycles. The fourth-order valence-corrected chi connectivity index (χ4v) is 6.92. The van der Waals surface area contributed by atoms with E-state index >= 15 is 0 Å². The number of H-pyrrole nitrogens is 1. The molecule has 1 aromatic carbocycles. The third-order valence-corrected chi connectivity index (χ3v) is 9.67. The summed E-state index contributed by atoms with van der Waals surface area (Å²) in [6.45, 7) is 5.40. The van der Waals surface area contributed by atoms with Crippen molar-refractivity contribution in [3.8, 4) is 0 Å². The van der Waals surface area contributed by atoms with Crippen molar-refractivity contribution in [2.75, 3.05) is 39.5 Å². The molecule has 2 atom stereocenters. The molecule has 2 aliphatic heterocycles. The van der Waals surface area contributed by atoms with Gasteiger partial charge in [-0.15, -0.1) is 0 Å². The summed E-state index contributed by atoms with van der Waals surface area (Å²) in [4.78, 5) is 35.0. The summed E-state index contributed by atoms with van der Waals surface area (Å²) in [5.74, 6) is 0.623. The van der Waals surface area contributed by atoms with Gasteiger partial charge in [0.1, 0.15) is 11.7 Å². The van der Waals surface area contributed by atoms with Gasteiger partial charge in [0.05, 0.1) is 25.1 Å². The quantitative estimate of drug-likeness (QED) is 0.173. The standard InChI is InChI=1S/C30H38ClN7O5S/c1-4-6-20(7-5-14-34-30(40)43-2)25-26(31)36-28(35-25)24-17-23(19-12-15-37(16-13-19)44(3,41)42)18-38(24)29(39)22-10-8-21(9-11-22)27(32)33/h4-11,19,23-24H,1,12-18H2,2-3H3,(H3,32,33)(H,34,40)(H,35,36)/b7-5-,20-6+/t23-,24?/m0/s1. The minimum atomic E-state index is -3.26. The van der Waals surface area contributed by atoms with Crippen LogP contribution in [0.25, 0.3) is 5.57 Å². The molecule has 2 amide bonds. The van der Waals surface area contributed by atoms with Crippen LogP contribution in [0.15, 0.2) is 55.1 Å². The van der Waals surface area contributed by atoms with Crippen LogP contribution in [-0.2, 0) is 14.8 Å². The van der Waals surface area contributed by atoms with E-state index in [0.717, 1.165) is 0 Å². The molecule has 2 aliphatic rings. The highest BCUT2D eigenvalue weighted by Crippen LogP contribution is 2.42. The molecule has 5 N–H and O–H groups in total. The van der Waals surface area contributed by atoms with E-state index in [1.807, 2.05) is 0 Å². The van der Waals surface area contributed by atoms with Gasteiger partial charge in [-0.05, 0) is 43.2 Å². The number of rotatable bonds is 10. The average molecular weight is 644 g/mol. The molecule has 3 heterocycles. The van der Waals surface area contributed by atoms with Crippen LogP contribution >= 0.6 is 11.6 Å². The lowest BCUT2D eigenvalue weighted by Gasteiger charge is -2.33. The number of hydrogen-bond donors (Lipinski definition) is 4. The number of imidazole rings is 1. The van der Waals surface area contributed by atoms with E-state index in [4.69, 9.17) is 22.7 Å². The summed E-state index contributed by atoms with van der Waals surface area (Å²) in [5.41, 5.74) is 7.80. The van der Waals surface area contributed by atoms with Crippen molar-refractivity contribution in [3.05, 3.63) is 82.9 Å². The first-order valence-electron chi connectivity index (χ1n) is 14.2. The van der Waals surface area contributed by atoms with Gasteiger partial charge in [0.25, 0.3) is 5.91 Å². The monoisotopic (exact) mass is 643 g/mol. The first-order valence-corrected chi connectivity index (χ1v) is 16.4. The lowest BCUT2D eigenvalue weighted by molar-refractivity contribution is 0.0720. The highest BCUT2D eigenvalue weighted by Gasteiger charge is 2.42. The summed E-state index contributed by atoms with van der Waals surface area (Å²) in [5, 5.41) is 10.5. The van der Waals surface area contributed by atoms with Gasteiger partial charge in [-0.25, -0.2) is 22.5 Å². The Hall–Kier alpha value is -3.94. The van der Waals surface area contributed by atoms with Gasteiger partial charge in [-0.3, -0.25) is 10.2 Å². The van der Waals surface area contributed by atoms with Crippen LogP contribution in [-0.4, -0.2) is 85.0 Å². The largest absolute Gasteiger partial charge is 0.453 e. The molecular weight excluding hydrogens is 606 g/mol. The molecule has 2 aromatic rings. The predicted molar refractivity (Wildman–Crippen MR) is 170 cm³/mol. The normalized spacial score (nSPS) is 20.2. The van der Waals surface area contributed by atoms with E-state index in [1.54, 1.807) is 53.5 Å². The number of hydrogen-bond acceptors (Lipinski definition) is 7. The van der Waals surface area contributed by atoms with Crippen molar-refractivity contribution in [2.24, 2.45) is 17.6 Å². The number of aromatic amines is 1. The van der Waals surface area contributed by atoms with E-state index in [1.165, 1.54) is 17.7 Å². The molecule has 236 valence electrons. The molecule has 4 rings (SSSR count). The van der Waals surface area contributed by atoms with Crippen LogP contribution < -0.4 is 11.1 Å². The highest BCUT2D eigenvalue weighted by atomic mass is 35.5. The molecule has 1 aromatic heterocycles. The van der Waals surface area contributed by atoms with Crippen molar-refractivity contribution < 1.29 is 22.7 Å². The first kappa shape index (κ1) is 33.0. The Balaban J connectivity index is 1.62. The number of amides is 2. The van der Waals surface area contributed by atoms with Gasteiger partial charge < -0.3 is 25.7 Å². The second kappa shape index (κ2) is 14.2. The number of allylic oxidation sites excluding steroid dienone is 4. The number of amidine groups is 1. The molecule has 0 spiro atoms. The number of piperidine rings is 1. The number of aromatic nitrogens is 2. The maximum atomic E-state index is 13.9. The average Bonchev–Trinajstić information content (AvgIpc) is 3.62. The van der Waals surface area contributed by atoms with Crippen LogP contribution in [0.2, 0.25) is 5.15 Å².